The Bertz CT molecular complexity index is 997. The van der Waals surface area contributed by atoms with Crippen molar-refractivity contribution in [2.75, 3.05) is 49.3 Å². The number of aromatic nitrogens is 1. The number of nitrogens with zero attached hydrogens (tertiary/aromatic N) is 2. The van der Waals surface area contributed by atoms with E-state index in [1.807, 2.05) is 0 Å². The molecule has 7 nitrogen and oxygen atoms in total. The minimum absolute atomic E-state index is 0.163. The number of hydrogen-bond donors (Lipinski definition) is 3. The summed E-state index contributed by atoms with van der Waals surface area (Å²) < 4.78 is 41.7. The van der Waals surface area contributed by atoms with Gasteiger partial charge in [-0.2, -0.15) is 0 Å². The van der Waals surface area contributed by atoms with Crippen molar-refractivity contribution >= 4 is 43.8 Å². The van der Waals surface area contributed by atoms with E-state index in [1.165, 1.54) is 25.6 Å². The maximum absolute atomic E-state index is 14.5. The van der Waals surface area contributed by atoms with E-state index in [-0.39, 0.29) is 10.2 Å². The van der Waals surface area contributed by atoms with E-state index in [2.05, 4.69) is 25.2 Å². The smallest absolute Gasteiger partial charge is 0.266 e. The zero-order valence-corrected chi connectivity index (χ0v) is 19.6. The molecule has 0 radical (unpaired) electrons. The number of benzene rings is 1. The number of sulfonamides is 1. The third kappa shape index (κ3) is 5.48. The van der Waals surface area contributed by atoms with Crippen LogP contribution >= 0.6 is 22.9 Å². The van der Waals surface area contributed by atoms with E-state index in [1.54, 1.807) is 5.38 Å². The summed E-state index contributed by atoms with van der Waals surface area (Å²) in [5.74, 6) is -0.858. The van der Waals surface area contributed by atoms with Crippen LogP contribution < -0.4 is 15.4 Å². The topological polar surface area (TPSA) is 86.4 Å². The molecule has 0 aliphatic carbocycles. The number of unbranched alkanes of at least 4 members (excludes halogenated alkanes) is 1. The maximum atomic E-state index is 14.5. The molecule has 1 unspecified atom stereocenters. The molecule has 1 spiro atoms. The standard InChI is InChI=1S/C20H27ClFN5O2S2/c21-15-11-18(31(28,29)26-19-25-7-10-30-19)16(22)12-17(15)24-5-1-2-8-27-9-4-20(14-27)3-6-23-13-20/h7,10-12,23-24H,1-6,8-9,13-14H2,(H,25,26). The maximum Gasteiger partial charge on any atom is 0.266 e. The van der Waals surface area contributed by atoms with Gasteiger partial charge in [-0.1, -0.05) is 11.6 Å². The molecule has 2 aromatic rings. The molecule has 2 aliphatic rings. The van der Waals surface area contributed by atoms with Crippen LogP contribution in [-0.4, -0.2) is 57.6 Å². The van der Waals surface area contributed by atoms with Crippen molar-refractivity contribution < 1.29 is 12.8 Å². The molecule has 1 aromatic carbocycles. The Morgan fingerprint density at radius 2 is 2.19 bits per heavy atom. The number of nitrogens with one attached hydrogen (secondary N) is 3. The summed E-state index contributed by atoms with van der Waals surface area (Å²) in [6, 6.07) is 2.27. The van der Waals surface area contributed by atoms with E-state index < -0.39 is 20.7 Å². The highest BCUT2D eigenvalue weighted by molar-refractivity contribution is 7.93. The Morgan fingerprint density at radius 3 is 2.94 bits per heavy atom. The predicted molar refractivity (Wildman–Crippen MR) is 123 cm³/mol. The molecule has 3 heterocycles. The van der Waals surface area contributed by atoms with E-state index in [4.69, 9.17) is 11.6 Å². The summed E-state index contributed by atoms with van der Waals surface area (Å²) in [5.41, 5.74) is 0.879. The van der Waals surface area contributed by atoms with Crippen LogP contribution in [0.3, 0.4) is 0 Å². The van der Waals surface area contributed by atoms with Crippen LogP contribution in [0.4, 0.5) is 15.2 Å². The van der Waals surface area contributed by atoms with Gasteiger partial charge in [0.25, 0.3) is 10.0 Å². The zero-order valence-electron chi connectivity index (χ0n) is 17.2. The number of rotatable bonds is 9. The number of halogens is 2. The Hall–Kier alpha value is -1.46. The molecule has 0 amide bonds. The Morgan fingerprint density at radius 1 is 1.32 bits per heavy atom. The van der Waals surface area contributed by atoms with E-state index in [0.717, 1.165) is 62.5 Å². The summed E-state index contributed by atoms with van der Waals surface area (Å²) in [6.45, 7) is 6.32. The second-order valence-electron chi connectivity index (χ2n) is 8.29. The lowest BCUT2D eigenvalue weighted by Gasteiger charge is -2.22. The lowest BCUT2D eigenvalue weighted by atomic mass is 9.87. The van der Waals surface area contributed by atoms with Gasteiger partial charge in [-0.15, -0.1) is 11.3 Å². The van der Waals surface area contributed by atoms with Crippen LogP contribution in [0.25, 0.3) is 0 Å². The van der Waals surface area contributed by atoms with Gasteiger partial charge in [-0.3, -0.25) is 4.72 Å². The Balaban J connectivity index is 1.26. The first-order chi connectivity index (χ1) is 14.9. The second-order valence-corrected chi connectivity index (χ2v) is 11.2. The Labute approximate surface area is 191 Å². The van der Waals surface area contributed by atoms with Crippen molar-refractivity contribution in [2.45, 2.75) is 30.6 Å². The monoisotopic (exact) mass is 487 g/mol. The van der Waals surface area contributed by atoms with Crippen LogP contribution in [0.2, 0.25) is 5.02 Å². The van der Waals surface area contributed by atoms with Gasteiger partial charge in [0.2, 0.25) is 0 Å². The minimum Gasteiger partial charge on any atom is -0.384 e. The van der Waals surface area contributed by atoms with Crippen molar-refractivity contribution in [2.24, 2.45) is 5.41 Å². The number of thiazole rings is 1. The fourth-order valence-electron chi connectivity index (χ4n) is 4.36. The van der Waals surface area contributed by atoms with Gasteiger partial charge < -0.3 is 15.5 Å². The predicted octanol–water partition coefficient (Wildman–Crippen LogP) is 3.61. The van der Waals surface area contributed by atoms with Crippen molar-refractivity contribution in [3.05, 3.63) is 34.5 Å². The van der Waals surface area contributed by atoms with Gasteiger partial charge in [-0.05, 0) is 62.9 Å². The van der Waals surface area contributed by atoms with Gasteiger partial charge >= 0.3 is 0 Å². The van der Waals surface area contributed by atoms with Crippen molar-refractivity contribution in [3.63, 3.8) is 0 Å². The first kappa shape index (κ1) is 22.7. The normalized spacial score (nSPS) is 21.7. The summed E-state index contributed by atoms with van der Waals surface area (Å²) in [5, 5.41) is 8.57. The molecule has 0 bridgehead atoms. The third-order valence-corrected chi connectivity index (χ3v) is 8.52. The molecule has 31 heavy (non-hydrogen) atoms. The van der Waals surface area contributed by atoms with Crippen molar-refractivity contribution in [1.29, 1.82) is 0 Å². The van der Waals surface area contributed by atoms with Gasteiger partial charge in [0.15, 0.2) is 5.13 Å². The Kier molecular flexibility index (Phi) is 7.02. The van der Waals surface area contributed by atoms with E-state index in [0.29, 0.717) is 17.6 Å². The average Bonchev–Trinajstić information content (AvgIpc) is 3.48. The van der Waals surface area contributed by atoms with Crippen LogP contribution in [0.15, 0.2) is 28.6 Å². The first-order valence-corrected chi connectivity index (χ1v) is 13.2. The highest BCUT2D eigenvalue weighted by Crippen LogP contribution is 2.36. The third-order valence-electron chi connectivity index (χ3n) is 6.03. The molecule has 2 aliphatic heterocycles. The van der Waals surface area contributed by atoms with Crippen LogP contribution in [0, 0.1) is 11.2 Å². The number of anilines is 2. The number of likely N-dealkylation sites (tertiary alicyclic amines) is 1. The van der Waals surface area contributed by atoms with Gasteiger partial charge in [0, 0.05) is 31.2 Å². The lowest BCUT2D eigenvalue weighted by Crippen LogP contribution is -2.29. The minimum atomic E-state index is -4.10. The SMILES string of the molecule is O=S(=O)(Nc1nccs1)c1cc(Cl)c(NCCCCN2CCC3(CCNC3)C2)cc1F. The average molecular weight is 488 g/mol. The largest absolute Gasteiger partial charge is 0.384 e. The quantitative estimate of drug-likeness (QED) is 0.468. The summed E-state index contributed by atoms with van der Waals surface area (Å²) in [4.78, 5) is 5.90. The molecule has 1 atom stereocenters. The van der Waals surface area contributed by atoms with Gasteiger partial charge in [-0.25, -0.2) is 17.8 Å². The second kappa shape index (κ2) is 9.58. The summed E-state index contributed by atoms with van der Waals surface area (Å²) in [6.07, 6.45) is 5.98. The first-order valence-electron chi connectivity index (χ1n) is 10.5. The van der Waals surface area contributed by atoms with Crippen LogP contribution in [0.1, 0.15) is 25.7 Å². The van der Waals surface area contributed by atoms with Crippen molar-refractivity contribution in [3.8, 4) is 0 Å². The molecular formula is C20H27ClFN5O2S2. The van der Waals surface area contributed by atoms with E-state index >= 15 is 0 Å². The highest BCUT2D eigenvalue weighted by atomic mass is 35.5. The molecule has 170 valence electrons. The molecule has 4 rings (SSSR count). The fourth-order valence-corrected chi connectivity index (χ4v) is 6.53. The van der Waals surface area contributed by atoms with Crippen LogP contribution in [-0.2, 0) is 10.0 Å². The zero-order chi connectivity index (χ0) is 21.9. The molecule has 3 N–H and O–H groups in total. The number of hydrogen-bond acceptors (Lipinski definition) is 7. The summed E-state index contributed by atoms with van der Waals surface area (Å²) >= 11 is 7.34. The highest BCUT2D eigenvalue weighted by Gasteiger charge is 2.39. The van der Waals surface area contributed by atoms with Gasteiger partial charge in [0.05, 0.1) is 10.7 Å². The molecule has 1 aromatic heterocycles. The summed E-state index contributed by atoms with van der Waals surface area (Å²) in [7, 11) is -4.10. The molecule has 0 saturated carbocycles. The van der Waals surface area contributed by atoms with Crippen molar-refractivity contribution in [1.82, 2.24) is 15.2 Å². The lowest BCUT2D eigenvalue weighted by molar-refractivity contribution is 0.271. The molecule has 2 saturated heterocycles. The van der Waals surface area contributed by atoms with Gasteiger partial charge in [0.1, 0.15) is 10.7 Å². The molecular weight excluding hydrogens is 461 g/mol. The fraction of sp³-hybridized carbons (Fsp3) is 0.550. The van der Waals surface area contributed by atoms with E-state index in [9.17, 15) is 12.8 Å². The molecule has 11 heteroatoms. The molecule has 2 fully saturated rings. The van der Waals surface area contributed by atoms with Crippen LogP contribution in [0.5, 0.6) is 0 Å².